The first-order valence-electron chi connectivity index (χ1n) is 7.97. The Balaban J connectivity index is 1.86. The predicted octanol–water partition coefficient (Wildman–Crippen LogP) is 2.83. The van der Waals surface area contributed by atoms with Crippen LogP contribution in [0.5, 0.6) is 0 Å². The molecule has 134 valence electrons. The first-order valence-corrected chi connectivity index (χ1v) is 8.35. The summed E-state index contributed by atoms with van der Waals surface area (Å²) in [4.78, 5) is 29.0. The number of hydrogen-bond donors (Lipinski definition) is 1. The number of halogens is 1. The molecule has 2 aromatic rings. The predicted molar refractivity (Wildman–Crippen MR) is 93.8 cm³/mol. The van der Waals surface area contributed by atoms with Gasteiger partial charge < -0.3 is 14.7 Å². The highest BCUT2D eigenvalue weighted by atomic mass is 35.5. The van der Waals surface area contributed by atoms with Gasteiger partial charge in [-0.25, -0.2) is 0 Å². The number of rotatable bonds is 7. The van der Waals surface area contributed by atoms with Crippen LogP contribution in [-0.2, 0) is 9.59 Å². The summed E-state index contributed by atoms with van der Waals surface area (Å²) in [5, 5.41) is 7.37. The van der Waals surface area contributed by atoms with Gasteiger partial charge in [-0.2, -0.15) is 4.98 Å². The molecule has 0 aliphatic rings. The van der Waals surface area contributed by atoms with Crippen molar-refractivity contribution in [3.8, 4) is 11.4 Å². The maximum Gasteiger partial charge on any atom is 0.249 e. The highest BCUT2D eigenvalue weighted by molar-refractivity contribution is 6.30. The SMILES string of the molecule is CC(=O)N(C)CCCC(=O)N[C@@H](C)c1nc(-c2ccc(Cl)cc2)no1. The minimum atomic E-state index is -0.397. The third kappa shape index (κ3) is 5.56. The highest BCUT2D eigenvalue weighted by Crippen LogP contribution is 2.20. The van der Waals surface area contributed by atoms with Gasteiger partial charge in [-0.15, -0.1) is 0 Å². The van der Waals surface area contributed by atoms with Crippen LogP contribution in [0, 0.1) is 0 Å². The minimum absolute atomic E-state index is 0.0191. The largest absolute Gasteiger partial charge is 0.346 e. The van der Waals surface area contributed by atoms with Crippen LogP contribution >= 0.6 is 11.6 Å². The fourth-order valence-electron chi connectivity index (χ4n) is 2.14. The van der Waals surface area contributed by atoms with Gasteiger partial charge in [0.1, 0.15) is 6.04 Å². The Hall–Kier alpha value is -2.41. The average Bonchev–Trinajstić information content (AvgIpc) is 3.05. The summed E-state index contributed by atoms with van der Waals surface area (Å²) in [7, 11) is 1.71. The molecular formula is C17H21ClN4O3. The quantitative estimate of drug-likeness (QED) is 0.816. The maximum absolute atomic E-state index is 12.0. The normalized spacial score (nSPS) is 11.8. The standard InChI is InChI=1S/C17H21ClN4O3/c1-11(19-15(24)5-4-10-22(3)12(2)23)17-20-16(21-25-17)13-6-8-14(18)9-7-13/h6-9,11H,4-5,10H2,1-3H3,(H,19,24)/t11-/m0/s1. The van der Waals surface area contributed by atoms with E-state index < -0.39 is 6.04 Å². The van der Waals surface area contributed by atoms with Crippen molar-refractivity contribution < 1.29 is 14.1 Å². The summed E-state index contributed by atoms with van der Waals surface area (Å²) < 4.78 is 5.22. The summed E-state index contributed by atoms with van der Waals surface area (Å²) in [6, 6.07) is 6.69. The van der Waals surface area contributed by atoms with Crippen molar-refractivity contribution in [2.45, 2.75) is 32.7 Å². The van der Waals surface area contributed by atoms with E-state index in [0.29, 0.717) is 36.1 Å². The molecule has 2 amide bonds. The zero-order valence-corrected chi connectivity index (χ0v) is 15.2. The molecule has 0 spiro atoms. The summed E-state index contributed by atoms with van der Waals surface area (Å²) in [5.74, 6) is 0.625. The zero-order valence-electron chi connectivity index (χ0n) is 14.5. The van der Waals surface area contributed by atoms with Crippen molar-refractivity contribution in [1.29, 1.82) is 0 Å². The molecule has 1 aromatic carbocycles. The third-order valence-electron chi connectivity index (χ3n) is 3.73. The van der Waals surface area contributed by atoms with Gasteiger partial charge in [-0.3, -0.25) is 9.59 Å². The molecule has 2 rings (SSSR count). The van der Waals surface area contributed by atoms with Crippen molar-refractivity contribution in [3.05, 3.63) is 35.2 Å². The second kappa shape index (κ2) is 8.62. The monoisotopic (exact) mass is 364 g/mol. The van der Waals surface area contributed by atoms with Gasteiger partial charge in [-0.05, 0) is 37.6 Å². The van der Waals surface area contributed by atoms with Crippen LogP contribution in [0.15, 0.2) is 28.8 Å². The Bertz CT molecular complexity index is 730. The summed E-state index contributed by atoms with van der Waals surface area (Å²) in [6.45, 7) is 3.81. The Morgan fingerprint density at radius 1 is 1.32 bits per heavy atom. The smallest absolute Gasteiger partial charge is 0.249 e. The Morgan fingerprint density at radius 2 is 2.00 bits per heavy atom. The molecular weight excluding hydrogens is 344 g/mol. The summed E-state index contributed by atoms with van der Waals surface area (Å²) >= 11 is 5.86. The van der Waals surface area contributed by atoms with E-state index >= 15 is 0 Å². The lowest BCUT2D eigenvalue weighted by Gasteiger charge is -2.14. The van der Waals surface area contributed by atoms with Crippen LogP contribution in [0.25, 0.3) is 11.4 Å². The van der Waals surface area contributed by atoms with Crippen LogP contribution in [0.3, 0.4) is 0 Å². The number of carbonyl (C=O) groups excluding carboxylic acids is 2. The highest BCUT2D eigenvalue weighted by Gasteiger charge is 2.17. The van der Waals surface area contributed by atoms with Crippen LogP contribution in [0.1, 0.15) is 38.6 Å². The molecule has 1 heterocycles. The van der Waals surface area contributed by atoms with E-state index in [1.54, 1.807) is 43.1 Å². The van der Waals surface area contributed by atoms with Crippen LogP contribution in [-0.4, -0.2) is 40.4 Å². The van der Waals surface area contributed by atoms with Crippen LogP contribution in [0.4, 0.5) is 0 Å². The summed E-state index contributed by atoms with van der Waals surface area (Å²) in [6.07, 6.45) is 0.911. The fraction of sp³-hybridized carbons (Fsp3) is 0.412. The molecule has 0 aliphatic heterocycles. The molecule has 1 aromatic heterocycles. The molecule has 7 nitrogen and oxygen atoms in total. The third-order valence-corrected chi connectivity index (χ3v) is 3.98. The van der Waals surface area contributed by atoms with E-state index in [1.807, 2.05) is 0 Å². The number of nitrogens with one attached hydrogen (secondary N) is 1. The molecule has 0 radical (unpaired) electrons. The minimum Gasteiger partial charge on any atom is -0.346 e. The number of benzene rings is 1. The number of aromatic nitrogens is 2. The number of hydrogen-bond acceptors (Lipinski definition) is 5. The molecule has 0 aliphatic carbocycles. The lowest BCUT2D eigenvalue weighted by Crippen LogP contribution is -2.29. The molecule has 25 heavy (non-hydrogen) atoms. The van der Waals surface area contributed by atoms with Crippen LogP contribution < -0.4 is 5.32 Å². The van der Waals surface area contributed by atoms with Gasteiger partial charge in [0.15, 0.2) is 0 Å². The second-order valence-corrected chi connectivity index (χ2v) is 6.23. The van der Waals surface area contributed by atoms with E-state index in [9.17, 15) is 9.59 Å². The lowest BCUT2D eigenvalue weighted by molar-refractivity contribution is -0.128. The molecule has 0 saturated heterocycles. The Kier molecular flexibility index (Phi) is 6.52. The van der Waals surface area contributed by atoms with E-state index in [0.717, 1.165) is 5.56 Å². The zero-order chi connectivity index (χ0) is 18.4. The average molecular weight is 365 g/mol. The number of amides is 2. The Morgan fingerprint density at radius 3 is 2.64 bits per heavy atom. The van der Waals surface area contributed by atoms with Gasteiger partial charge in [-0.1, -0.05) is 16.8 Å². The van der Waals surface area contributed by atoms with Gasteiger partial charge in [0.2, 0.25) is 23.5 Å². The molecule has 1 atom stereocenters. The van der Waals surface area contributed by atoms with Gasteiger partial charge in [0.25, 0.3) is 0 Å². The summed E-state index contributed by atoms with van der Waals surface area (Å²) in [5.41, 5.74) is 0.783. The van der Waals surface area contributed by atoms with Crippen LogP contribution in [0.2, 0.25) is 5.02 Å². The van der Waals surface area contributed by atoms with Crippen molar-refractivity contribution in [2.24, 2.45) is 0 Å². The number of nitrogens with zero attached hydrogens (tertiary/aromatic N) is 3. The van der Waals surface area contributed by atoms with Crippen molar-refractivity contribution in [1.82, 2.24) is 20.4 Å². The topological polar surface area (TPSA) is 88.3 Å². The molecule has 0 unspecified atom stereocenters. The van der Waals surface area contributed by atoms with Gasteiger partial charge in [0.05, 0.1) is 0 Å². The molecule has 1 N–H and O–H groups in total. The van der Waals surface area contributed by atoms with Gasteiger partial charge >= 0.3 is 0 Å². The van der Waals surface area contributed by atoms with Gasteiger partial charge in [0, 0.05) is 37.5 Å². The van der Waals surface area contributed by atoms with E-state index in [1.165, 1.54) is 6.92 Å². The Labute approximate surface area is 151 Å². The number of carbonyl (C=O) groups is 2. The van der Waals surface area contributed by atoms with Crippen molar-refractivity contribution in [3.63, 3.8) is 0 Å². The molecule has 8 heteroatoms. The lowest BCUT2D eigenvalue weighted by atomic mass is 10.2. The van der Waals surface area contributed by atoms with E-state index in [-0.39, 0.29) is 11.8 Å². The molecule has 0 fully saturated rings. The fourth-order valence-corrected chi connectivity index (χ4v) is 2.26. The van der Waals surface area contributed by atoms with E-state index in [2.05, 4.69) is 15.5 Å². The first kappa shape index (κ1) is 18.9. The molecule has 0 bridgehead atoms. The van der Waals surface area contributed by atoms with Crippen molar-refractivity contribution in [2.75, 3.05) is 13.6 Å². The van der Waals surface area contributed by atoms with Crippen molar-refractivity contribution >= 4 is 23.4 Å². The van der Waals surface area contributed by atoms with E-state index in [4.69, 9.17) is 16.1 Å². The second-order valence-electron chi connectivity index (χ2n) is 5.80. The first-order chi connectivity index (χ1) is 11.9. The maximum atomic E-state index is 12.0. The molecule has 0 saturated carbocycles.